The maximum absolute atomic E-state index is 12.6. The van der Waals surface area contributed by atoms with Crippen LogP contribution in [-0.4, -0.2) is 26.6 Å². The zero-order valence-corrected chi connectivity index (χ0v) is 16.6. The van der Waals surface area contributed by atoms with Crippen LogP contribution >= 0.6 is 22.6 Å². The van der Waals surface area contributed by atoms with Crippen molar-refractivity contribution in [3.63, 3.8) is 0 Å². The van der Waals surface area contributed by atoms with Crippen LogP contribution in [0, 0.1) is 10.5 Å². The van der Waals surface area contributed by atoms with Crippen molar-refractivity contribution in [2.75, 3.05) is 15.9 Å². The molecule has 0 radical (unpaired) electrons. The number of rotatable bonds is 5. The van der Waals surface area contributed by atoms with Gasteiger partial charge in [-0.25, -0.2) is 8.42 Å². The maximum Gasteiger partial charge on any atom is 0.248 e. The smallest absolute Gasteiger partial charge is 0.248 e. The van der Waals surface area contributed by atoms with E-state index in [1.54, 1.807) is 37.3 Å². The molecule has 1 N–H and O–H groups in total. The quantitative estimate of drug-likeness (QED) is 0.699. The molecule has 0 unspecified atom stereocenters. The summed E-state index contributed by atoms with van der Waals surface area (Å²) in [7, 11) is -3.60. The number of benzene rings is 2. The van der Waals surface area contributed by atoms with Crippen molar-refractivity contribution >= 4 is 49.9 Å². The van der Waals surface area contributed by atoms with Crippen LogP contribution in [0.4, 0.5) is 11.4 Å². The third-order valence-corrected chi connectivity index (χ3v) is 5.46. The number of aryl methyl sites for hydroxylation is 1. The third-order valence-electron chi connectivity index (χ3n) is 3.55. The number of para-hydroxylation sites is 1. The molecule has 1 amide bonds. The molecule has 2 aromatic rings. The first-order chi connectivity index (χ1) is 11.2. The second-order valence-electron chi connectivity index (χ2n) is 5.52. The minimum absolute atomic E-state index is 0.381. The van der Waals surface area contributed by atoms with Crippen LogP contribution < -0.4 is 9.62 Å². The monoisotopic (exact) mass is 458 g/mol. The van der Waals surface area contributed by atoms with E-state index in [1.807, 2.05) is 25.1 Å². The van der Waals surface area contributed by atoms with Gasteiger partial charge in [0.2, 0.25) is 15.9 Å². The van der Waals surface area contributed by atoms with Gasteiger partial charge < -0.3 is 5.32 Å². The Morgan fingerprint density at radius 2 is 1.79 bits per heavy atom. The molecule has 0 bridgehead atoms. The number of nitrogens with zero attached hydrogens (tertiary/aromatic N) is 1. The van der Waals surface area contributed by atoms with Crippen LogP contribution in [0.15, 0.2) is 48.5 Å². The molecule has 0 aliphatic heterocycles. The van der Waals surface area contributed by atoms with E-state index in [9.17, 15) is 13.2 Å². The first-order valence-electron chi connectivity index (χ1n) is 7.31. The molecule has 0 spiro atoms. The molecule has 24 heavy (non-hydrogen) atoms. The molecule has 5 nitrogen and oxygen atoms in total. The Morgan fingerprint density at radius 1 is 1.17 bits per heavy atom. The predicted molar refractivity (Wildman–Crippen MR) is 106 cm³/mol. The van der Waals surface area contributed by atoms with E-state index in [2.05, 4.69) is 27.9 Å². The summed E-state index contributed by atoms with van der Waals surface area (Å²) < 4.78 is 26.6. The van der Waals surface area contributed by atoms with E-state index in [1.165, 1.54) is 0 Å². The molecule has 0 aliphatic carbocycles. The lowest BCUT2D eigenvalue weighted by atomic mass is 10.2. The van der Waals surface area contributed by atoms with Crippen molar-refractivity contribution < 1.29 is 13.2 Å². The summed E-state index contributed by atoms with van der Waals surface area (Å²) >= 11 is 2.20. The first-order valence-corrected chi connectivity index (χ1v) is 10.2. The molecule has 2 rings (SSSR count). The van der Waals surface area contributed by atoms with Gasteiger partial charge in [-0.3, -0.25) is 9.10 Å². The van der Waals surface area contributed by atoms with Gasteiger partial charge in [0, 0.05) is 9.26 Å². The van der Waals surface area contributed by atoms with E-state index < -0.39 is 16.1 Å². The fourth-order valence-corrected chi connectivity index (χ4v) is 4.21. The third kappa shape index (κ3) is 4.47. The largest absolute Gasteiger partial charge is 0.324 e. The zero-order valence-electron chi connectivity index (χ0n) is 13.7. The number of carbonyl (C=O) groups excluding carboxylic acids is 1. The summed E-state index contributed by atoms with van der Waals surface area (Å²) in [6, 6.07) is 13.4. The van der Waals surface area contributed by atoms with Crippen LogP contribution in [0.5, 0.6) is 0 Å². The number of halogens is 1. The molecular weight excluding hydrogens is 439 g/mol. The predicted octanol–water partition coefficient (Wildman–Crippen LogP) is 3.39. The van der Waals surface area contributed by atoms with E-state index in [-0.39, 0.29) is 5.91 Å². The van der Waals surface area contributed by atoms with Crippen molar-refractivity contribution in [3.8, 4) is 0 Å². The Bertz CT molecular complexity index is 838. The average molecular weight is 458 g/mol. The lowest BCUT2D eigenvalue weighted by Crippen LogP contribution is -2.45. The number of nitrogens with one attached hydrogen (secondary N) is 1. The minimum Gasteiger partial charge on any atom is -0.324 e. The Kier molecular flexibility index (Phi) is 5.87. The highest BCUT2D eigenvalue weighted by Gasteiger charge is 2.29. The van der Waals surface area contributed by atoms with E-state index in [0.29, 0.717) is 11.4 Å². The van der Waals surface area contributed by atoms with Crippen molar-refractivity contribution in [1.82, 2.24) is 0 Å². The Labute approximate surface area is 156 Å². The van der Waals surface area contributed by atoms with E-state index in [0.717, 1.165) is 19.7 Å². The van der Waals surface area contributed by atoms with Gasteiger partial charge >= 0.3 is 0 Å². The van der Waals surface area contributed by atoms with Crippen molar-refractivity contribution in [3.05, 3.63) is 57.7 Å². The highest BCUT2D eigenvalue weighted by atomic mass is 127. The number of anilines is 2. The minimum atomic E-state index is -3.60. The van der Waals surface area contributed by atoms with Gasteiger partial charge in [-0.2, -0.15) is 0 Å². The van der Waals surface area contributed by atoms with Crippen LogP contribution in [0.25, 0.3) is 0 Å². The van der Waals surface area contributed by atoms with Gasteiger partial charge in [0.05, 0.1) is 11.9 Å². The highest BCUT2D eigenvalue weighted by Crippen LogP contribution is 2.22. The highest BCUT2D eigenvalue weighted by molar-refractivity contribution is 14.1. The van der Waals surface area contributed by atoms with Crippen molar-refractivity contribution in [1.29, 1.82) is 0 Å². The normalized spacial score (nSPS) is 12.5. The standard InChI is InChI=1S/C17H19IN2O3S/c1-12-11-14(18)9-10-16(12)19-17(21)13(2)20(24(3,22)23)15-7-5-4-6-8-15/h4-11,13H,1-3H3,(H,19,21)/t13-/m1/s1. The summed E-state index contributed by atoms with van der Waals surface area (Å²) in [4.78, 5) is 12.6. The van der Waals surface area contributed by atoms with Crippen LogP contribution in [0.2, 0.25) is 0 Å². The summed E-state index contributed by atoms with van der Waals surface area (Å²) in [6.45, 7) is 3.47. The van der Waals surface area contributed by atoms with E-state index in [4.69, 9.17) is 0 Å². The molecule has 7 heteroatoms. The lowest BCUT2D eigenvalue weighted by molar-refractivity contribution is -0.116. The first kappa shape index (κ1) is 18.7. The molecule has 1 atom stereocenters. The van der Waals surface area contributed by atoms with Gasteiger partial charge in [0.1, 0.15) is 6.04 Å². The molecular formula is C17H19IN2O3S. The molecule has 128 valence electrons. The van der Waals surface area contributed by atoms with Crippen molar-refractivity contribution in [2.45, 2.75) is 19.9 Å². The molecule has 0 saturated heterocycles. The van der Waals surface area contributed by atoms with Gasteiger partial charge in [-0.15, -0.1) is 0 Å². The fraction of sp³-hybridized carbons (Fsp3) is 0.235. The zero-order chi connectivity index (χ0) is 17.9. The Morgan fingerprint density at radius 3 is 2.33 bits per heavy atom. The number of sulfonamides is 1. The van der Waals surface area contributed by atoms with Gasteiger partial charge in [0.15, 0.2) is 0 Å². The fourth-order valence-electron chi connectivity index (χ4n) is 2.39. The number of amides is 1. The molecule has 0 heterocycles. The number of hydrogen-bond donors (Lipinski definition) is 1. The molecule has 0 aliphatic rings. The van der Waals surface area contributed by atoms with E-state index >= 15 is 0 Å². The maximum atomic E-state index is 12.6. The Hall–Kier alpha value is -1.61. The van der Waals surface area contributed by atoms with Gasteiger partial charge in [0.25, 0.3) is 0 Å². The summed E-state index contributed by atoms with van der Waals surface area (Å²) in [5.41, 5.74) is 2.06. The molecule has 0 fully saturated rings. The average Bonchev–Trinajstić information content (AvgIpc) is 2.49. The lowest BCUT2D eigenvalue weighted by Gasteiger charge is -2.28. The molecule has 0 saturated carbocycles. The van der Waals surface area contributed by atoms with Gasteiger partial charge in [-0.05, 0) is 72.3 Å². The van der Waals surface area contributed by atoms with Crippen LogP contribution in [0.1, 0.15) is 12.5 Å². The summed E-state index contributed by atoms with van der Waals surface area (Å²) in [5.74, 6) is -0.381. The summed E-state index contributed by atoms with van der Waals surface area (Å²) in [5, 5.41) is 2.81. The number of hydrogen-bond acceptors (Lipinski definition) is 3. The Balaban J connectivity index is 2.29. The molecule has 2 aromatic carbocycles. The number of carbonyl (C=O) groups is 1. The summed E-state index contributed by atoms with van der Waals surface area (Å²) in [6.07, 6.45) is 1.10. The van der Waals surface area contributed by atoms with Gasteiger partial charge in [-0.1, -0.05) is 18.2 Å². The van der Waals surface area contributed by atoms with Crippen molar-refractivity contribution in [2.24, 2.45) is 0 Å². The second kappa shape index (κ2) is 7.52. The van der Waals surface area contributed by atoms with Crippen LogP contribution in [0.3, 0.4) is 0 Å². The molecule has 0 aromatic heterocycles. The SMILES string of the molecule is Cc1cc(I)ccc1NC(=O)[C@@H](C)N(c1ccccc1)S(C)(=O)=O. The second-order valence-corrected chi connectivity index (χ2v) is 8.62. The topological polar surface area (TPSA) is 66.5 Å². The van der Waals surface area contributed by atoms with Crippen LogP contribution in [-0.2, 0) is 14.8 Å².